The third-order valence-corrected chi connectivity index (χ3v) is 4.35. The maximum absolute atomic E-state index is 12.2. The van der Waals surface area contributed by atoms with E-state index in [1.54, 1.807) is 0 Å². The van der Waals surface area contributed by atoms with Crippen LogP contribution in [0.4, 0.5) is 0 Å². The molecular weight excluding hydrogens is 280 g/mol. The SMILES string of the molecule is CN1C(=O)[C@H]2[C@@H](NC(=O)Cc3ccccc3)C=CC[C@H]2C1=O. The number of fused-ring (bicyclic) bond motifs is 1. The Hall–Kier alpha value is -2.43. The van der Waals surface area contributed by atoms with Crippen LogP contribution in [0.3, 0.4) is 0 Å². The highest BCUT2D eigenvalue weighted by Gasteiger charge is 2.49. The molecule has 1 aliphatic heterocycles. The highest BCUT2D eigenvalue weighted by Crippen LogP contribution is 2.34. The van der Waals surface area contributed by atoms with Gasteiger partial charge in [-0.05, 0) is 12.0 Å². The molecule has 1 aromatic rings. The molecule has 3 amide bonds. The van der Waals surface area contributed by atoms with Gasteiger partial charge in [-0.3, -0.25) is 19.3 Å². The van der Waals surface area contributed by atoms with Gasteiger partial charge in [0.25, 0.3) is 0 Å². The van der Waals surface area contributed by atoms with Crippen molar-refractivity contribution in [2.45, 2.75) is 18.9 Å². The molecule has 1 saturated heterocycles. The van der Waals surface area contributed by atoms with E-state index in [1.807, 2.05) is 42.5 Å². The number of benzene rings is 1. The molecule has 1 aliphatic carbocycles. The van der Waals surface area contributed by atoms with Crippen molar-refractivity contribution in [2.75, 3.05) is 7.05 Å². The fraction of sp³-hybridized carbons (Fsp3) is 0.353. The summed E-state index contributed by atoms with van der Waals surface area (Å²) in [5, 5.41) is 2.88. The van der Waals surface area contributed by atoms with E-state index in [0.29, 0.717) is 6.42 Å². The number of rotatable bonds is 3. The van der Waals surface area contributed by atoms with Crippen LogP contribution in [-0.4, -0.2) is 35.7 Å². The summed E-state index contributed by atoms with van der Waals surface area (Å²) in [6, 6.07) is 9.03. The summed E-state index contributed by atoms with van der Waals surface area (Å²) in [6.45, 7) is 0. The number of carbonyl (C=O) groups excluding carboxylic acids is 3. The number of allylic oxidation sites excluding steroid dienone is 1. The Morgan fingerprint density at radius 1 is 1.23 bits per heavy atom. The maximum Gasteiger partial charge on any atom is 0.235 e. The smallest absolute Gasteiger partial charge is 0.235 e. The summed E-state index contributed by atoms with van der Waals surface area (Å²) in [4.78, 5) is 37.6. The first-order valence-corrected chi connectivity index (χ1v) is 7.39. The number of hydrogen-bond acceptors (Lipinski definition) is 3. The predicted octanol–water partition coefficient (Wildman–Crippen LogP) is 0.905. The fourth-order valence-electron chi connectivity index (χ4n) is 3.21. The lowest BCUT2D eigenvalue weighted by Gasteiger charge is -2.27. The summed E-state index contributed by atoms with van der Waals surface area (Å²) in [5.41, 5.74) is 0.919. The van der Waals surface area contributed by atoms with Gasteiger partial charge in [0.1, 0.15) is 0 Å². The highest BCUT2D eigenvalue weighted by atomic mass is 16.2. The number of imide groups is 1. The third-order valence-electron chi connectivity index (χ3n) is 4.35. The Kier molecular flexibility index (Phi) is 3.79. The molecule has 2 aliphatic rings. The predicted molar refractivity (Wildman–Crippen MR) is 80.6 cm³/mol. The van der Waals surface area contributed by atoms with Crippen LogP contribution in [0.15, 0.2) is 42.5 Å². The van der Waals surface area contributed by atoms with Crippen LogP contribution in [-0.2, 0) is 20.8 Å². The first-order valence-electron chi connectivity index (χ1n) is 7.39. The van der Waals surface area contributed by atoms with Crippen molar-refractivity contribution in [1.82, 2.24) is 10.2 Å². The zero-order valence-electron chi connectivity index (χ0n) is 12.4. The minimum absolute atomic E-state index is 0.142. The number of carbonyl (C=O) groups is 3. The van der Waals surface area contributed by atoms with Crippen LogP contribution in [0.2, 0.25) is 0 Å². The van der Waals surface area contributed by atoms with E-state index < -0.39 is 12.0 Å². The van der Waals surface area contributed by atoms with E-state index in [4.69, 9.17) is 0 Å². The molecule has 5 nitrogen and oxygen atoms in total. The van der Waals surface area contributed by atoms with Crippen molar-refractivity contribution in [3.8, 4) is 0 Å². The molecule has 0 spiro atoms. The van der Waals surface area contributed by atoms with Gasteiger partial charge in [0.2, 0.25) is 17.7 Å². The first-order chi connectivity index (χ1) is 10.6. The summed E-state index contributed by atoms with van der Waals surface area (Å²) in [5.74, 6) is -1.31. The fourth-order valence-corrected chi connectivity index (χ4v) is 3.21. The van der Waals surface area contributed by atoms with Crippen molar-refractivity contribution in [3.63, 3.8) is 0 Å². The minimum atomic E-state index is -0.470. The average Bonchev–Trinajstić information content (AvgIpc) is 2.74. The zero-order chi connectivity index (χ0) is 15.7. The Morgan fingerprint density at radius 3 is 2.68 bits per heavy atom. The second-order valence-corrected chi connectivity index (χ2v) is 5.79. The Labute approximate surface area is 129 Å². The molecule has 3 rings (SSSR count). The molecule has 0 saturated carbocycles. The summed E-state index contributed by atoms with van der Waals surface area (Å²) < 4.78 is 0. The summed E-state index contributed by atoms with van der Waals surface area (Å²) in [7, 11) is 1.51. The number of amides is 3. The Bertz CT molecular complexity index is 639. The molecule has 1 aromatic carbocycles. The van der Waals surface area contributed by atoms with Crippen molar-refractivity contribution < 1.29 is 14.4 Å². The second kappa shape index (κ2) is 5.75. The molecule has 5 heteroatoms. The van der Waals surface area contributed by atoms with Crippen LogP contribution >= 0.6 is 0 Å². The van der Waals surface area contributed by atoms with Gasteiger partial charge < -0.3 is 5.32 Å². The number of nitrogens with zero attached hydrogens (tertiary/aromatic N) is 1. The quantitative estimate of drug-likeness (QED) is 0.666. The molecular formula is C17H18N2O3. The second-order valence-electron chi connectivity index (χ2n) is 5.79. The van der Waals surface area contributed by atoms with Gasteiger partial charge in [0.15, 0.2) is 0 Å². The van der Waals surface area contributed by atoms with Gasteiger partial charge in [-0.25, -0.2) is 0 Å². The molecule has 1 fully saturated rings. The Morgan fingerprint density at radius 2 is 1.95 bits per heavy atom. The highest BCUT2D eigenvalue weighted by molar-refractivity contribution is 6.05. The lowest BCUT2D eigenvalue weighted by Crippen LogP contribution is -2.45. The lowest BCUT2D eigenvalue weighted by molar-refractivity contribution is -0.138. The molecule has 0 unspecified atom stereocenters. The zero-order valence-corrected chi connectivity index (χ0v) is 12.4. The number of nitrogens with one attached hydrogen (secondary N) is 1. The molecule has 0 aromatic heterocycles. The topological polar surface area (TPSA) is 66.5 Å². The number of likely N-dealkylation sites (tertiary alicyclic amines) is 1. The van der Waals surface area contributed by atoms with Crippen LogP contribution in [0.5, 0.6) is 0 Å². The molecule has 1 N–H and O–H groups in total. The molecule has 0 radical (unpaired) electrons. The van der Waals surface area contributed by atoms with Crippen molar-refractivity contribution >= 4 is 17.7 Å². The van der Waals surface area contributed by atoms with Crippen molar-refractivity contribution in [2.24, 2.45) is 11.8 Å². The number of hydrogen-bond donors (Lipinski definition) is 1. The molecule has 22 heavy (non-hydrogen) atoms. The lowest BCUT2D eigenvalue weighted by atomic mass is 9.81. The van der Waals surface area contributed by atoms with Crippen LogP contribution in [0.1, 0.15) is 12.0 Å². The van der Waals surface area contributed by atoms with E-state index >= 15 is 0 Å². The van der Waals surface area contributed by atoms with E-state index in [1.165, 1.54) is 11.9 Å². The maximum atomic E-state index is 12.2. The molecule has 114 valence electrons. The third kappa shape index (κ3) is 2.54. The average molecular weight is 298 g/mol. The van der Waals surface area contributed by atoms with Crippen molar-refractivity contribution in [3.05, 3.63) is 48.0 Å². The van der Waals surface area contributed by atoms with Crippen LogP contribution in [0.25, 0.3) is 0 Å². The standard InChI is InChI=1S/C17H18N2O3/c1-19-16(21)12-8-5-9-13(15(12)17(19)22)18-14(20)10-11-6-3-2-4-7-11/h2-7,9,12-13,15H,8,10H2,1H3,(H,18,20)/t12-,13+,15-/m1/s1. The summed E-state index contributed by atoms with van der Waals surface area (Å²) >= 11 is 0. The van der Waals surface area contributed by atoms with Gasteiger partial charge in [0, 0.05) is 7.05 Å². The van der Waals surface area contributed by atoms with E-state index in [-0.39, 0.29) is 30.1 Å². The van der Waals surface area contributed by atoms with Crippen LogP contribution in [0, 0.1) is 11.8 Å². The monoisotopic (exact) mass is 298 g/mol. The van der Waals surface area contributed by atoms with E-state index in [2.05, 4.69) is 5.32 Å². The van der Waals surface area contributed by atoms with Crippen LogP contribution < -0.4 is 5.32 Å². The van der Waals surface area contributed by atoms with E-state index in [0.717, 1.165) is 5.56 Å². The molecule has 0 bridgehead atoms. The first kappa shape index (κ1) is 14.5. The van der Waals surface area contributed by atoms with Crippen molar-refractivity contribution in [1.29, 1.82) is 0 Å². The minimum Gasteiger partial charge on any atom is -0.349 e. The van der Waals surface area contributed by atoms with Gasteiger partial charge in [-0.2, -0.15) is 0 Å². The largest absolute Gasteiger partial charge is 0.349 e. The Balaban J connectivity index is 1.71. The normalized spacial score (nSPS) is 27.0. The molecule has 1 heterocycles. The summed E-state index contributed by atoms with van der Waals surface area (Å²) in [6.07, 6.45) is 4.53. The molecule has 3 atom stereocenters. The van der Waals surface area contributed by atoms with Gasteiger partial charge in [0.05, 0.1) is 24.3 Å². The van der Waals surface area contributed by atoms with E-state index in [9.17, 15) is 14.4 Å². The van der Waals surface area contributed by atoms with Gasteiger partial charge in [-0.1, -0.05) is 42.5 Å². The van der Waals surface area contributed by atoms with Gasteiger partial charge in [-0.15, -0.1) is 0 Å². The van der Waals surface area contributed by atoms with Gasteiger partial charge >= 0.3 is 0 Å².